The SMILES string of the molecule is Cc1cc(Sc2ccccc2)c(C(=N)N)c(C)n1. The Kier molecular flexibility index (Phi) is 3.67. The molecule has 18 heavy (non-hydrogen) atoms. The highest BCUT2D eigenvalue weighted by Gasteiger charge is 2.12. The molecule has 0 atom stereocenters. The second-order valence-corrected chi connectivity index (χ2v) is 5.17. The largest absolute Gasteiger partial charge is 0.384 e. The first-order chi connectivity index (χ1) is 8.58. The van der Waals surface area contributed by atoms with Gasteiger partial charge < -0.3 is 5.73 Å². The number of nitrogens with zero attached hydrogens (tertiary/aromatic N) is 1. The van der Waals surface area contributed by atoms with Gasteiger partial charge in [-0.25, -0.2) is 0 Å². The van der Waals surface area contributed by atoms with Crippen molar-refractivity contribution < 1.29 is 0 Å². The maximum absolute atomic E-state index is 7.68. The number of rotatable bonds is 3. The van der Waals surface area contributed by atoms with E-state index in [0.29, 0.717) is 0 Å². The maximum atomic E-state index is 7.68. The molecule has 0 aliphatic carbocycles. The van der Waals surface area contributed by atoms with Crippen molar-refractivity contribution in [1.29, 1.82) is 5.41 Å². The van der Waals surface area contributed by atoms with E-state index in [0.717, 1.165) is 26.7 Å². The van der Waals surface area contributed by atoms with Gasteiger partial charge in [-0.1, -0.05) is 30.0 Å². The van der Waals surface area contributed by atoms with Gasteiger partial charge >= 0.3 is 0 Å². The molecule has 1 aromatic carbocycles. The van der Waals surface area contributed by atoms with Gasteiger partial charge in [0.05, 0.1) is 5.56 Å². The van der Waals surface area contributed by atoms with Crippen LogP contribution in [0.4, 0.5) is 0 Å². The molecule has 0 saturated heterocycles. The molecule has 1 heterocycles. The topological polar surface area (TPSA) is 62.8 Å². The number of nitrogens with two attached hydrogens (primary N) is 1. The van der Waals surface area contributed by atoms with E-state index in [1.807, 2.05) is 50.2 Å². The molecule has 0 radical (unpaired) electrons. The van der Waals surface area contributed by atoms with Gasteiger partial charge in [0, 0.05) is 21.2 Å². The Morgan fingerprint density at radius 3 is 2.50 bits per heavy atom. The van der Waals surface area contributed by atoms with Crippen LogP contribution in [0.15, 0.2) is 46.2 Å². The lowest BCUT2D eigenvalue weighted by Gasteiger charge is -2.11. The molecule has 0 bridgehead atoms. The molecule has 0 aliphatic heterocycles. The third kappa shape index (κ3) is 2.71. The fourth-order valence-corrected chi connectivity index (χ4v) is 2.95. The summed E-state index contributed by atoms with van der Waals surface area (Å²) < 4.78 is 0. The molecule has 0 aliphatic rings. The third-order valence-corrected chi connectivity index (χ3v) is 3.58. The van der Waals surface area contributed by atoms with Gasteiger partial charge in [-0.05, 0) is 32.0 Å². The summed E-state index contributed by atoms with van der Waals surface area (Å²) >= 11 is 1.61. The zero-order valence-electron chi connectivity index (χ0n) is 10.4. The van der Waals surface area contributed by atoms with E-state index in [2.05, 4.69) is 4.98 Å². The van der Waals surface area contributed by atoms with E-state index in [1.54, 1.807) is 11.8 Å². The molecule has 2 rings (SSSR count). The fourth-order valence-electron chi connectivity index (χ4n) is 1.82. The molecule has 92 valence electrons. The highest BCUT2D eigenvalue weighted by Crippen LogP contribution is 2.31. The van der Waals surface area contributed by atoms with Gasteiger partial charge in [0.1, 0.15) is 5.84 Å². The minimum atomic E-state index is 0.0680. The second-order valence-electron chi connectivity index (χ2n) is 4.05. The standard InChI is InChI=1S/C14H15N3S/c1-9-8-12(13(14(15)16)10(2)17-9)18-11-6-4-3-5-7-11/h3-8H,1-2H3,(H3,15,16). The zero-order chi connectivity index (χ0) is 13.1. The molecule has 1 aromatic heterocycles. The van der Waals surface area contributed by atoms with Gasteiger partial charge in [0.25, 0.3) is 0 Å². The number of nitrogens with one attached hydrogen (secondary N) is 1. The molecule has 0 amide bonds. The van der Waals surface area contributed by atoms with Gasteiger partial charge in [-0.3, -0.25) is 10.4 Å². The van der Waals surface area contributed by atoms with Crippen molar-refractivity contribution in [1.82, 2.24) is 4.98 Å². The van der Waals surface area contributed by atoms with Gasteiger partial charge in [-0.15, -0.1) is 0 Å². The first kappa shape index (κ1) is 12.6. The molecular formula is C14H15N3S. The summed E-state index contributed by atoms with van der Waals surface area (Å²) in [6.07, 6.45) is 0. The second kappa shape index (κ2) is 5.23. The van der Waals surface area contributed by atoms with Crippen LogP contribution < -0.4 is 5.73 Å². The van der Waals surface area contributed by atoms with Crippen LogP contribution in [0.2, 0.25) is 0 Å². The average Bonchev–Trinajstić information content (AvgIpc) is 2.28. The number of hydrogen-bond acceptors (Lipinski definition) is 3. The van der Waals surface area contributed by atoms with Gasteiger partial charge in [-0.2, -0.15) is 0 Å². The Bertz CT molecular complexity index is 579. The first-order valence-electron chi connectivity index (χ1n) is 5.63. The van der Waals surface area contributed by atoms with Gasteiger partial charge in [0.15, 0.2) is 0 Å². The zero-order valence-corrected chi connectivity index (χ0v) is 11.2. The van der Waals surface area contributed by atoms with Crippen molar-refractivity contribution >= 4 is 17.6 Å². The minimum Gasteiger partial charge on any atom is -0.384 e. The van der Waals surface area contributed by atoms with Crippen molar-refractivity contribution in [3.05, 3.63) is 53.3 Å². The molecule has 4 heteroatoms. The molecule has 0 fully saturated rings. The van der Waals surface area contributed by atoms with E-state index < -0.39 is 0 Å². The lowest BCUT2D eigenvalue weighted by Crippen LogP contribution is -2.15. The maximum Gasteiger partial charge on any atom is 0.125 e. The van der Waals surface area contributed by atoms with Crippen LogP contribution >= 0.6 is 11.8 Å². The van der Waals surface area contributed by atoms with Crippen molar-refractivity contribution in [3.63, 3.8) is 0 Å². The van der Waals surface area contributed by atoms with Crippen LogP contribution in [-0.2, 0) is 0 Å². The van der Waals surface area contributed by atoms with Crippen molar-refractivity contribution in [2.75, 3.05) is 0 Å². The summed E-state index contributed by atoms with van der Waals surface area (Å²) in [6.45, 7) is 3.84. The third-order valence-electron chi connectivity index (χ3n) is 2.53. The Labute approximate surface area is 111 Å². The summed E-state index contributed by atoms with van der Waals surface area (Å²) in [5.41, 5.74) is 8.13. The minimum absolute atomic E-state index is 0.0680. The first-order valence-corrected chi connectivity index (χ1v) is 6.45. The number of pyridine rings is 1. The van der Waals surface area contributed by atoms with E-state index in [1.165, 1.54) is 0 Å². The van der Waals surface area contributed by atoms with E-state index >= 15 is 0 Å². The Morgan fingerprint density at radius 2 is 1.89 bits per heavy atom. The Balaban J connectivity index is 2.46. The molecule has 3 nitrogen and oxygen atoms in total. The summed E-state index contributed by atoms with van der Waals surface area (Å²) in [6, 6.07) is 12.0. The van der Waals surface area contributed by atoms with E-state index in [4.69, 9.17) is 11.1 Å². The quantitative estimate of drug-likeness (QED) is 0.656. The lowest BCUT2D eigenvalue weighted by molar-refractivity contribution is 1.07. The number of aromatic nitrogens is 1. The average molecular weight is 257 g/mol. The predicted molar refractivity (Wildman–Crippen MR) is 75.3 cm³/mol. The smallest absolute Gasteiger partial charge is 0.125 e. The molecule has 0 unspecified atom stereocenters. The number of aryl methyl sites for hydroxylation is 2. The number of hydrogen-bond donors (Lipinski definition) is 2. The van der Waals surface area contributed by atoms with Crippen LogP contribution in [0.5, 0.6) is 0 Å². The Hall–Kier alpha value is -1.81. The van der Waals surface area contributed by atoms with Gasteiger partial charge in [0.2, 0.25) is 0 Å². The monoisotopic (exact) mass is 257 g/mol. The predicted octanol–water partition coefficient (Wildman–Crippen LogP) is 3.13. The highest BCUT2D eigenvalue weighted by atomic mass is 32.2. The summed E-state index contributed by atoms with van der Waals surface area (Å²) in [5.74, 6) is 0.0680. The highest BCUT2D eigenvalue weighted by molar-refractivity contribution is 7.99. The number of amidine groups is 1. The molecule has 3 N–H and O–H groups in total. The van der Waals surface area contributed by atoms with Crippen LogP contribution in [0.1, 0.15) is 17.0 Å². The fraction of sp³-hybridized carbons (Fsp3) is 0.143. The van der Waals surface area contributed by atoms with E-state index in [-0.39, 0.29) is 5.84 Å². The molecule has 0 saturated carbocycles. The summed E-state index contributed by atoms with van der Waals surface area (Å²) in [5, 5.41) is 7.68. The van der Waals surface area contributed by atoms with Crippen molar-refractivity contribution in [2.24, 2.45) is 5.73 Å². The summed E-state index contributed by atoms with van der Waals surface area (Å²) in [4.78, 5) is 6.48. The van der Waals surface area contributed by atoms with Crippen molar-refractivity contribution in [2.45, 2.75) is 23.6 Å². The number of nitrogen functional groups attached to an aromatic ring is 1. The molecule has 2 aromatic rings. The van der Waals surface area contributed by atoms with Crippen LogP contribution in [0, 0.1) is 19.3 Å². The summed E-state index contributed by atoms with van der Waals surface area (Å²) in [7, 11) is 0. The number of benzene rings is 1. The lowest BCUT2D eigenvalue weighted by atomic mass is 10.1. The molecular weight excluding hydrogens is 242 g/mol. The molecule has 0 spiro atoms. The normalized spacial score (nSPS) is 10.3. The van der Waals surface area contributed by atoms with Crippen LogP contribution in [0.25, 0.3) is 0 Å². The van der Waals surface area contributed by atoms with Crippen molar-refractivity contribution in [3.8, 4) is 0 Å². The Morgan fingerprint density at radius 1 is 1.22 bits per heavy atom. The van der Waals surface area contributed by atoms with E-state index in [9.17, 15) is 0 Å². The van der Waals surface area contributed by atoms with Crippen LogP contribution in [0.3, 0.4) is 0 Å². The van der Waals surface area contributed by atoms with Crippen LogP contribution in [-0.4, -0.2) is 10.8 Å².